The highest BCUT2D eigenvalue weighted by molar-refractivity contribution is 7.98. The standard InChI is InChI=1S/C42H78OS2/c1-4-7-9-11-13-15-17-19-21-23-25-27-29-31-33-44-37-39-35-40(6-3)42(43)41(36-39)38-45-34-32-30-28-26-24-22-20-18-16-14-12-10-8-5-2/h35-36,43H,4-34,37-38H2,1-3H3. The van der Waals surface area contributed by atoms with Gasteiger partial charge in [0, 0.05) is 17.1 Å². The van der Waals surface area contributed by atoms with Gasteiger partial charge in [-0.05, 0) is 41.9 Å². The molecule has 45 heavy (non-hydrogen) atoms. The third-order valence-electron chi connectivity index (χ3n) is 9.52. The Hall–Kier alpha value is -0.280. The molecule has 0 spiro atoms. The van der Waals surface area contributed by atoms with E-state index in [0.717, 1.165) is 29.1 Å². The summed E-state index contributed by atoms with van der Waals surface area (Å²) in [4.78, 5) is 0. The van der Waals surface area contributed by atoms with E-state index in [1.54, 1.807) is 0 Å². The normalized spacial score (nSPS) is 11.5. The summed E-state index contributed by atoms with van der Waals surface area (Å²) >= 11 is 4.10. The van der Waals surface area contributed by atoms with Gasteiger partial charge in [0.1, 0.15) is 5.75 Å². The van der Waals surface area contributed by atoms with Gasteiger partial charge < -0.3 is 5.11 Å². The van der Waals surface area contributed by atoms with Crippen molar-refractivity contribution in [1.29, 1.82) is 0 Å². The lowest BCUT2D eigenvalue weighted by Crippen LogP contribution is -1.94. The molecule has 0 aliphatic rings. The van der Waals surface area contributed by atoms with Gasteiger partial charge in [-0.25, -0.2) is 0 Å². The molecule has 0 aliphatic heterocycles. The average molecular weight is 663 g/mol. The van der Waals surface area contributed by atoms with Crippen LogP contribution in [0.3, 0.4) is 0 Å². The molecule has 1 nitrogen and oxygen atoms in total. The van der Waals surface area contributed by atoms with Crippen LogP contribution in [0.15, 0.2) is 12.1 Å². The Labute approximate surface area is 292 Å². The zero-order valence-electron chi connectivity index (χ0n) is 30.8. The van der Waals surface area contributed by atoms with Gasteiger partial charge in [0.2, 0.25) is 0 Å². The molecule has 0 radical (unpaired) electrons. The number of aryl methyl sites for hydroxylation is 1. The van der Waals surface area contributed by atoms with E-state index >= 15 is 0 Å². The Morgan fingerprint density at radius 2 is 0.711 bits per heavy atom. The molecule has 0 aromatic heterocycles. The monoisotopic (exact) mass is 663 g/mol. The summed E-state index contributed by atoms with van der Waals surface area (Å²) in [5.74, 6) is 5.09. The van der Waals surface area contributed by atoms with E-state index in [0.29, 0.717) is 5.75 Å². The van der Waals surface area contributed by atoms with Crippen molar-refractivity contribution < 1.29 is 5.11 Å². The van der Waals surface area contributed by atoms with Gasteiger partial charge in [-0.3, -0.25) is 0 Å². The van der Waals surface area contributed by atoms with Crippen molar-refractivity contribution in [3.63, 3.8) is 0 Å². The van der Waals surface area contributed by atoms with Gasteiger partial charge in [0.15, 0.2) is 0 Å². The minimum Gasteiger partial charge on any atom is -0.507 e. The third kappa shape index (κ3) is 26.4. The predicted molar refractivity (Wildman–Crippen MR) is 210 cm³/mol. The summed E-state index contributed by atoms with van der Waals surface area (Å²) in [5, 5.41) is 10.8. The summed E-state index contributed by atoms with van der Waals surface area (Å²) in [6.07, 6.45) is 40.8. The maximum Gasteiger partial charge on any atom is 0.122 e. The Balaban J connectivity index is 2.03. The van der Waals surface area contributed by atoms with Crippen molar-refractivity contribution in [1.82, 2.24) is 0 Å². The van der Waals surface area contributed by atoms with E-state index in [1.165, 1.54) is 197 Å². The third-order valence-corrected chi connectivity index (χ3v) is 11.7. The van der Waals surface area contributed by atoms with Crippen LogP contribution in [0.2, 0.25) is 0 Å². The van der Waals surface area contributed by atoms with Crippen molar-refractivity contribution in [2.45, 2.75) is 218 Å². The lowest BCUT2D eigenvalue weighted by Gasteiger charge is -2.12. The quantitative estimate of drug-likeness (QED) is 0.0730. The van der Waals surface area contributed by atoms with Crippen molar-refractivity contribution in [3.05, 3.63) is 28.8 Å². The molecule has 0 saturated heterocycles. The van der Waals surface area contributed by atoms with Gasteiger partial charge in [0.25, 0.3) is 0 Å². The topological polar surface area (TPSA) is 20.2 Å². The molecule has 264 valence electrons. The lowest BCUT2D eigenvalue weighted by molar-refractivity contribution is 0.464. The van der Waals surface area contributed by atoms with Crippen LogP contribution in [0.4, 0.5) is 0 Å². The van der Waals surface area contributed by atoms with Gasteiger partial charge in [0.05, 0.1) is 0 Å². The number of phenols is 1. The van der Waals surface area contributed by atoms with Crippen LogP contribution < -0.4 is 0 Å². The largest absolute Gasteiger partial charge is 0.507 e. The number of thioether (sulfide) groups is 2. The molecule has 0 unspecified atom stereocenters. The first-order valence-electron chi connectivity index (χ1n) is 20.2. The first-order chi connectivity index (χ1) is 22.2. The SMILES string of the molecule is CCCCCCCCCCCCCCCCSCc1cc(CC)c(O)c(CSCCCCCCCCCCCCCCCC)c1. The maximum absolute atomic E-state index is 10.8. The predicted octanol–water partition coefficient (Wildman–Crippen LogP) is 15.4. The molecule has 0 heterocycles. The zero-order valence-corrected chi connectivity index (χ0v) is 32.4. The number of hydrogen-bond acceptors (Lipinski definition) is 3. The van der Waals surface area contributed by atoms with Gasteiger partial charge >= 0.3 is 0 Å². The molecule has 0 saturated carbocycles. The molecule has 1 aromatic rings. The van der Waals surface area contributed by atoms with Crippen LogP contribution in [0.25, 0.3) is 0 Å². The fourth-order valence-electron chi connectivity index (χ4n) is 6.46. The molecular weight excluding hydrogens is 585 g/mol. The van der Waals surface area contributed by atoms with Gasteiger partial charge in [-0.1, -0.05) is 200 Å². The zero-order chi connectivity index (χ0) is 32.5. The maximum atomic E-state index is 10.8. The molecule has 0 bridgehead atoms. The van der Waals surface area contributed by atoms with Gasteiger partial charge in [-0.15, -0.1) is 0 Å². The Kier molecular flexibility index (Phi) is 31.9. The van der Waals surface area contributed by atoms with E-state index in [-0.39, 0.29) is 0 Å². The average Bonchev–Trinajstić information content (AvgIpc) is 3.05. The van der Waals surface area contributed by atoms with Crippen molar-refractivity contribution in [2.24, 2.45) is 0 Å². The highest BCUT2D eigenvalue weighted by atomic mass is 32.2. The summed E-state index contributed by atoms with van der Waals surface area (Å²) in [6.45, 7) is 6.77. The fraction of sp³-hybridized carbons (Fsp3) is 0.857. The van der Waals surface area contributed by atoms with Crippen LogP contribution in [0, 0.1) is 0 Å². The first kappa shape index (κ1) is 42.7. The van der Waals surface area contributed by atoms with E-state index in [1.807, 2.05) is 11.8 Å². The number of unbranched alkanes of at least 4 members (excludes halogenated alkanes) is 26. The van der Waals surface area contributed by atoms with Crippen LogP contribution in [0.5, 0.6) is 5.75 Å². The molecular formula is C42H78OS2. The first-order valence-corrected chi connectivity index (χ1v) is 22.5. The van der Waals surface area contributed by atoms with Crippen molar-refractivity contribution in [2.75, 3.05) is 11.5 Å². The second kappa shape index (κ2) is 33.6. The molecule has 0 aliphatic carbocycles. The smallest absolute Gasteiger partial charge is 0.122 e. The summed E-state index contributed by atoms with van der Waals surface area (Å²) in [6, 6.07) is 4.56. The van der Waals surface area contributed by atoms with Crippen molar-refractivity contribution in [3.8, 4) is 5.75 Å². The second-order valence-corrected chi connectivity index (χ2v) is 16.1. The van der Waals surface area contributed by atoms with E-state index in [9.17, 15) is 5.11 Å². The molecule has 1 N–H and O–H groups in total. The van der Waals surface area contributed by atoms with Crippen LogP contribution in [-0.2, 0) is 17.9 Å². The van der Waals surface area contributed by atoms with Crippen LogP contribution in [-0.4, -0.2) is 16.6 Å². The Morgan fingerprint density at radius 3 is 1.07 bits per heavy atom. The molecule has 1 rings (SSSR count). The Morgan fingerprint density at radius 1 is 0.400 bits per heavy atom. The molecule has 0 amide bonds. The van der Waals surface area contributed by atoms with Crippen LogP contribution in [0.1, 0.15) is 217 Å². The van der Waals surface area contributed by atoms with E-state index < -0.39 is 0 Å². The fourth-order valence-corrected chi connectivity index (χ4v) is 8.41. The van der Waals surface area contributed by atoms with E-state index in [4.69, 9.17) is 0 Å². The summed E-state index contributed by atoms with van der Waals surface area (Å²) in [5.41, 5.74) is 3.71. The molecule has 0 atom stereocenters. The lowest BCUT2D eigenvalue weighted by atomic mass is 10.0. The number of aromatic hydroxyl groups is 1. The summed E-state index contributed by atoms with van der Waals surface area (Å²) < 4.78 is 0. The summed E-state index contributed by atoms with van der Waals surface area (Å²) in [7, 11) is 0. The molecule has 1 aromatic carbocycles. The number of phenolic OH excluding ortho intramolecular Hbond substituents is 1. The van der Waals surface area contributed by atoms with Crippen LogP contribution >= 0.6 is 23.5 Å². The molecule has 3 heteroatoms. The second-order valence-electron chi connectivity index (χ2n) is 13.9. The minimum absolute atomic E-state index is 0.562. The Bertz CT molecular complexity index is 748. The number of rotatable bonds is 35. The number of hydrogen-bond donors (Lipinski definition) is 1. The number of benzene rings is 1. The highest BCUT2D eigenvalue weighted by Gasteiger charge is 2.10. The van der Waals surface area contributed by atoms with Crippen molar-refractivity contribution >= 4 is 23.5 Å². The molecule has 0 fully saturated rings. The minimum atomic E-state index is 0.562. The van der Waals surface area contributed by atoms with Gasteiger partial charge in [-0.2, -0.15) is 23.5 Å². The highest BCUT2D eigenvalue weighted by Crippen LogP contribution is 2.31. The van der Waals surface area contributed by atoms with E-state index in [2.05, 4.69) is 44.7 Å².